The Morgan fingerprint density at radius 2 is 2.00 bits per heavy atom. The Hall–Kier alpha value is -0.0400. The van der Waals surface area contributed by atoms with Gasteiger partial charge in [-0.1, -0.05) is 6.92 Å². The van der Waals surface area contributed by atoms with Crippen molar-refractivity contribution in [1.29, 1.82) is 0 Å². The lowest BCUT2D eigenvalue weighted by Gasteiger charge is -2.03. The van der Waals surface area contributed by atoms with E-state index in [1.54, 1.807) is 0 Å². The maximum absolute atomic E-state index is 2.12. The van der Waals surface area contributed by atoms with Gasteiger partial charge in [-0.05, 0) is 20.5 Å². The van der Waals surface area contributed by atoms with E-state index in [9.17, 15) is 0 Å². The molecule has 0 fully saturated rings. The minimum Gasteiger partial charge on any atom is -0.305 e. The average Bonchev–Trinajstić information content (AvgIpc) is 1.35. The minimum atomic E-state index is 1.13. The normalized spacial score (nSPS) is 10.0. The maximum atomic E-state index is 2.12. The van der Waals surface area contributed by atoms with Gasteiger partial charge in [0, 0.05) is 6.54 Å². The van der Waals surface area contributed by atoms with Gasteiger partial charge in [-0.3, -0.25) is 0 Å². The summed E-state index contributed by atoms with van der Waals surface area (Å²) in [4.78, 5) is 2.06. The number of nitrogens with zero attached hydrogens (tertiary/aromatic N) is 1. The third-order valence-electron chi connectivity index (χ3n) is 0.548. The van der Waals surface area contributed by atoms with E-state index >= 15 is 0 Å². The molecular formula is C5H12N. The molecule has 0 aliphatic rings. The molecule has 6 heavy (non-hydrogen) atoms. The first-order valence-electron chi connectivity index (χ1n) is 2.27. The lowest BCUT2D eigenvalue weighted by atomic mass is 10.5. The Bertz CT molecular complexity index is 25.1. The van der Waals surface area contributed by atoms with Crippen LogP contribution in [0.15, 0.2) is 0 Å². The Morgan fingerprint density at radius 3 is 2.00 bits per heavy atom. The van der Waals surface area contributed by atoms with Gasteiger partial charge in [0.25, 0.3) is 0 Å². The lowest BCUT2D eigenvalue weighted by Crippen LogP contribution is -2.05. The van der Waals surface area contributed by atoms with Gasteiger partial charge in [0.1, 0.15) is 0 Å². The topological polar surface area (TPSA) is 3.24 Å². The second kappa shape index (κ2) is 3.16. The van der Waals surface area contributed by atoms with Crippen molar-refractivity contribution in [2.24, 2.45) is 0 Å². The van der Waals surface area contributed by atoms with Crippen LogP contribution >= 0.6 is 0 Å². The molecule has 0 aromatic heterocycles. The van der Waals surface area contributed by atoms with Crippen molar-refractivity contribution in [3.63, 3.8) is 0 Å². The highest BCUT2D eigenvalue weighted by molar-refractivity contribution is 4.53. The van der Waals surface area contributed by atoms with Crippen molar-refractivity contribution in [2.75, 3.05) is 14.1 Å². The van der Waals surface area contributed by atoms with Crippen LogP contribution in [0.1, 0.15) is 13.3 Å². The van der Waals surface area contributed by atoms with Gasteiger partial charge >= 0.3 is 0 Å². The first-order valence-corrected chi connectivity index (χ1v) is 2.27. The fraction of sp³-hybridized carbons (Fsp3) is 0.800. The Balaban J connectivity index is 2.63. The van der Waals surface area contributed by atoms with Crippen molar-refractivity contribution in [3.8, 4) is 0 Å². The van der Waals surface area contributed by atoms with Crippen LogP contribution in [0.4, 0.5) is 0 Å². The van der Waals surface area contributed by atoms with Gasteiger partial charge in [0.05, 0.1) is 0 Å². The zero-order chi connectivity index (χ0) is 4.99. The standard InChI is InChI=1S/C5H12N/c1-4-5-6(2)3/h5H,4H2,1-3H3. The number of hydrogen-bond donors (Lipinski definition) is 0. The van der Waals surface area contributed by atoms with E-state index < -0.39 is 0 Å². The van der Waals surface area contributed by atoms with Crippen molar-refractivity contribution in [2.45, 2.75) is 13.3 Å². The van der Waals surface area contributed by atoms with E-state index in [2.05, 4.69) is 18.4 Å². The monoisotopic (exact) mass is 86.1 g/mol. The quantitative estimate of drug-likeness (QED) is 0.486. The summed E-state index contributed by atoms with van der Waals surface area (Å²) in [7, 11) is 4.06. The zero-order valence-corrected chi connectivity index (χ0v) is 4.73. The maximum Gasteiger partial charge on any atom is 0.0242 e. The average molecular weight is 86.2 g/mol. The summed E-state index contributed by atoms with van der Waals surface area (Å²) in [6, 6.07) is 0. The van der Waals surface area contributed by atoms with Gasteiger partial charge in [0.2, 0.25) is 0 Å². The fourth-order valence-corrected chi connectivity index (χ4v) is 0.365. The first-order chi connectivity index (χ1) is 2.77. The molecule has 0 rings (SSSR count). The van der Waals surface area contributed by atoms with E-state index in [0.717, 1.165) is 6.42 Å². The molecule has 0 saturated carbocycles. The van der Waals surface area contributed by atoms with Gasteiger partial charge < -0.3 is 4.90 Å². The highest BCUT2D eigenvalue weighted by Gasteiger charge is 1.80. The molecule has 0 atom stereocenters. The predicted molar refractivity (Wildman–Crippen MR) is 28.3 cm³/mol. The van der Waals surface area contributed by atoms with E-state index in [0.29, 0.717) is 0 Å². The summed E-state index contributed by atoms with van der Waals surface area (Å²) in [6.07, 6.45) is 1.13. The first kappa shape index (κ1) is 5.96. The molecule has 0 unspecified atom stereocenters. The SMILES string of the molecule is CC[CH]N(C)C. The van der Waals surface area contributed by atoms with Gasteiger partial charge in [-0.15, -0.1) is 0 Å². The summed E-state index contributed by atoms with van der Waals surface area (Å²) in [5.41, 5.74) is 0. The van der Waals surface area contributed by atoms with Crippen LogP contribution in [0.2, 0.25) is 0 Å². The van der Waals surface area contributed by atoms with Crippen LogP contribution in [-0.4, -0.2) is 19.0 Å². The third-order valence-corrected chi connectivity index (χ3v) is 0.548. The number of hydrogen-bond acceptors (Lipinski definition) is 1. The minimum absolute atomic E-state index is 1.13. The van der Waals surface area contributed by atoms with Crippen molar-refractivity contribution in [3.05, 3.63) is 6.54 Å². The van der Waals surface area contributed by atoms with Crippen LogP contribution in [0.3, 0.4) is 0 Å². The molecule has 0 N–H and O–H groups in total. The Morgan fingerprint density at radius 1 is 1.50 bits per heavy atom. The zero-order valence-electron chi connectivity index (χ0n) is 4.73. The highest BCUT2D eigenvalue weighted by Crippen LogP contribution is 1.84. The second-order valence-corrected chi connectivity index (χ2v) is 1.55. The summed E-state index contributed by atoms with van der Waals surface area (Å²) in [5, 5.41) is 0. The van der Waals surface area contributed by atoms with Gasteiger partial charge in [-0.2, -0.15) is 0 Å². The summed E-state index contributed by atoms with van der Waals surface area (Å²) >= 11 is 0. The molecular weight excluding hydrogens is 74.1 g/mol. The lowest BCUT2D eigenvalue weighted by molar-refractivity contribution is 0.484. The molecule has 0 spiro atoms. The molecule has 0 amide bonds. The smallest absolute Gasteiger partial charge is 0.0242 e. The molecule has 0 aliphatic carbocycles. The predicted octanol–water partition coefficient (Wildman–Crippen LogP) is 1.12. The second-order valence-electron chi connectivity index (χ2n) is 1.55. The highest BCUT2D eigenvalue weighted by atomic mass is 15.0. The molecule has 0 aliphatic heterocycles. The van der Waals surface area contributed by atoms with Crippen LogP contribution in [0.5, 0.6) is 0 Å². The van der Waals surface area contributed by atoms with E-state index in [1.165, 1.54) is 0 Å². The van der Waals surface area contributed by atoms with E-state index in [1.807, 2.05) is 14.1 Å². The summed E-state index contributed by atoms with van der Waals surface area (Å²) in [6.45, 7) is 4.25. The molecule has 1 heteroatoms. The molecule has 1 nitrogen and oxygen atoms in total. The van der Waals surface area contributed by atoms with E-state index in [4.69, 9.17) is 0 Å². The van der Waals surface area contributed by atoms with Crippen molar-refractivity contribution >= 4 is 0 Å². The van der Waals surface area contributed by atoms with Gasteiger partial charge in [0.15, 0.2) is 0 Å². The molecule has 0 heterocycles. The third kappa shape index (κ3) is 3.96. The van der Waals surface area contributed by atoms with E-state index in [-0.39, 0.29) is 0 Å². The summed E-state index contributed by atoms with van der Waals surface area (Å²) in [5.74, 6) is 0. The molecule has 0 bridgehead atoms. The van der Waals surface area contributed by atoms with Crippen LogP contribution in [-0.2, 0) is 0 Å². The fourth-order valence-electron chi connectivity index (χ4n) is 0.365. The van der Waals surface area contributed by atoms with Crippen LogP contribution < -0.4 is 0 Å². The molecule has 1 radical (unpaired) electrons. The van der Waals surface area contributed by atoms with Crippen LogP contribution in [0.25, 0.3) is 0 Å². The molecule has 0 saturated heterocycles. The largest absolute Gasteiger partial charge is 0.305 e. The van der Waals surface area contributed by atoms with Crippen molar-refractivity contribution in [1.82, 2.24) is 4.90 Å². The Kier molecular flexibility index (Phi) is 3.14. The van der Waals surface area contributed by atoms with Crippen LogP contribution in [0, 0.1) is 6.54 Å². The Labute approximate surface area is 40.0 Å². The summed E-state index contributed by atoms with van der Waals surface area (Å²) < 4.78 is 0. The number of rotatable bonds is 2. The van der Waals surface area contributed by atoms with Crippen molar-refractivity contribution < 1.29 is 0 Å². The molecule has 0 aromatic carbocycles. The van der Waals surface area contributed by atoms with Gasteiger partial charge in [-0.25, -0.2) is 0 Å². The molecule has 37 valence electrons. The molecule has 0 aromatic rings.